The minimum atomic E-state index is -0.150. The molecule has 1 atom stereocenters. The van der Waals surface area contributed by atoms with Crippen molar-refractivity contribution in [3.05, 3.63) is 35.1 Å². The molecule has 18 heavy (non-hydrogen) atoms. The third-order valence-electron chi connectivity index (χ3n) is 3.50. The number of hydrogen-bond acceptors (Lipinski definition) is 2. The molecule has 0 spiro atoms. The van der Waals surface area contributed by atoms with Crippen molar-refractivity contribution in [3.8, 4) is 0 Å². The summed E-state index contributed by atoms with van der Waals surface area (Å²) in [5, 5.41) is 9.35. The predicted molar refractivity (Wildman–Crippen MR) is 73.2 cm³/mol. The van der Waals surface area contributed by atoms with Crippen LogP contribution in [0.5, 0.6) is 0 Å². The van der Waals surface area contributed by atoms with E-state index in [1.165, 1.54) is 6.07 Å². The van der Waals surface area contributed by atoms with E-state index in [0.717, 1.165) is 18.5 Å². The second-order valence-corrected chi connectivity index (χ2v) is 5.31. The number of aliphatic hydroxyl groups excluding tert-OH is 1. The van der Waals surface area contributed by atoms with Gasteiger partial charge in [0.15, 0.2) is 0 Å². The topological polar surface area (TPSA) is 23.5 Å². The molecule has 0 radical (unpaired) electrons. The van der Waals surface area contributed by atoms with Crippen LogP contribution in [-0.4, -0.2) is 36.2 Å². The summed E-state index contributed by atoms with van der Waals surface area (Å²) in [6.07, 6.45) is 0.876. The summed E-state index contributed by atoms with van der Waals surface area (Å²) in [7, 11) is 2.03. The molecule has 0 heterocycles. The molecule has 0 saturated heterocycles. The third kappa shape index (κ3) is 4.07. The van der Waals surface area contributed by atoms with Crippen LogP contribution in [0.1, 0.15) is 25.0 Å². The molecule has 1 rings (SSSR count). The maximum atomic E-state index is 13.1. The Morgan fingerprint density at radius 3 is 2.50 bits per heavy atom. The van der Waals surface area contributed by atoms with Crippen LogP contribution in [0.15, 0.2) is 18.2 Å². The molecule has 1 aromatic rings. The lowest BCUT2D eigenvalue weighted by atomic mass is 10.0. The van der Waals surface area contributed by atoms with Crippen LogP contribution in [0.4, 0.5) is 4.39 Å². The van der Waals surface area contributed by atoms with Gasteiger partial charge in [0.05, 0.1) is 6.61 Å². The zero-order valence-electron chi connectivity index (χ0n) is 11.8. The van der Waals surface area contributed by atoms with Crippen LogP contribution in [0, 0.1) is 18.7 Å². The predicted octanol–water partition coefficient (Wildman–Crippen LogP) is 2.63. The molecule has 0 amide bonds. The van der Waals surface area contributed by atoms with E-state index in [0.29, 0.717) is 11.5 Å². The molecule has 1 N–H and O–H groups in total. The molecular weight excluding hydrogens is 229 g/mol. The zero-order chi connectivity index (χ0) is 13.7. The molecule has 102 valence electrons. The summed E-state index contributed by atoms with van der Waals surface area (Å²) >= 11 is 0. The van der Waals surface area contributed by atoms with Crippen molar-refractivity contribution in [2.75, 3.05) is 20.2 Å². The van der Waals surface area contributed by atoms with Crippen LogP contribution >= 0.6 is 0 Å². The number of nitrogens with zero attached hydrogens (tertiary/aromatic N) is 1. The van der Waals surface area contributed by atoms with Crippen molar-refractivity contribution in [3.63, 3.8) is 0 Å². The molecule has 3 heteroatoms. The smallest absolute Gasteiger partial charge is 0.126 e. The first-order valence-corrected chi connectivity index (χ1v) is 6.51. The van der Waals surface area contributed by atoms with Gasteiger partial charge in [0.25, 0.3) is 0 Å². The first-order valence-electron chi connectivity index (χ1n) is 6.51. The Hall–Kier alpha value is -0.930. The SMILES string of the molecule is Cc1cc(CCN(C)C(CO)C(C)C)ccc1F. The molecule has 1 aromatic carbocycles. The quantitative estimate of drug-likeness (QED) is 0.842. The second kappa shape index (κ2) is 6.86. The van der Waals surface area contributed by atoms with Gasteiger partial charge in [-0.25, -0.2) is 4.39 Å². The van der Waals surface area contributed by atoms with Crippen LogP contribution in [0.3, 0.4) is 0 Å². The molecule has 0 aliphatic rings. The number of hydrogen-bond donors (Lipinski definition) is 1. The number of rotatable bonds is 6. The summed E-state index contributed by atoms with van der Waals surface area (Å²) in [6.45, 7) is 7.05. The number of halogens is 1. The normalized spacial score (nSPS) is 13.3. The van der Waals surface area contributed by atoms with Gasteiger partial charge in [-0.1, -0.05) is 26.0 Å². The molecule has 0 saturated carbocycles. The average molecular weight is 253 g/mol. The first kappa shape index (κ1) is 15.1. The lowest BCUT2D eigenvalue weighted by Crippen LogP contribution is -2.39. The zero-order valence-corrected chi connectivity index (χ0v) is 11.8. The molecular formula is C15H24FNO. The van der Waals surface area contributed by atoms with Crippen molar-refractivity contribution in [2.24, 2.45) is 5.92 Å². The number of aliphatic hydroxyl groups is 1. The standard InChI is InChI=1S/C15H24FNO/c1-11(2)15(10-18)17(4)8-7-13-5-6-14(16)12(3)9-13/h5-6,9,11,15,18H,7-8,10H2,1-4H3. The molecule has 0 fully saturated rings. The van der Waals surface area contributed by atoms with Crippen LogP contribution in [-0.2, 0) is 6.42 Å². The second-order valence-electron chi connectivity index (χ2n) is 5.31. The Kier molecular flexibility index (Phi) is 5.76. The summed E-state index contributed by atoms with van der Waals surface area (Å²) in [5.74, 6) is 0.275. The van der Waals surface area contributed by atoms with Gasteiger partial charge < -0.3 is 10.0 Å². The fourth-order valence-electron chi connectivity index (χ4n) is 2.19. The monoisotopic (exact) mass is 253 g/mol. The van der Waals surface area contributed by atoms with Crippen molar-refractivity contribution in [2.45, 2.75) is 33.2 Å². The molecule has 0 aromatic heterocycles. The van der Waals surface area contributed by atoms with E-state index < -0.39 is 0 Å². The molecule has 0 aliphatic heterocycles. The molecule has 1 unspecified atom stereocenters. The van der Waals surface area contributed by atoms with Gasteiger partial charge in [-0.15, -0.1) is 0 Å². The summed E-state index contributed by atoms with van der Waals surface area (Å²) in [5.41, 5.74) is 1.83. The molecule has 0 bridgehead atoms. The maximum absolute atomic E-state index is 13.1. The van der Waals surface area contributed by atoms with Gasteiger partial charge in [0, 0.05) is 12.6 Å². The van der Waals surface area contributed by atoms with Gasteiger partial charge in [0.1, 0.15) is 5.82 Å². The number of likely N-dealkylation sites (N-methyl/N-ethyl adjacent to an activating group) is 1. The highest BCUT2D eigenvalue weighted by Crippen LogP contribution is 2.12. The van der Waals surface area contributed by atoms with E-state index in [4.69, 9.17) is 0 Å². The van der Waals surface area contributed by atoms with E-state index in [1.54, 1.807) is 6.92 Å². The largest absolute Gasteiger partial charge is 0.395 e. The average Bonchev–Trinajstić information content (AvgIpc) is 2.31. The number of aryl methyl sites for hydroxylation is 1. The summed E-state index contributed by atoms with van der Waals surface area (Å²) in [6, 6.07) is 5.44. The van der Waals surface area contributed by atoms with E-state index in [-0.39, 0.29) is 18.5 Å². The lowest BCUT2D eigenvalue weighted by Gasteiger charge is -2.29. The van der Waals surface area contributed by atoms with Crippen molar-refractivity contribution in [1.29, 1.82) is 0 Å². The first-order chi connectivity index (χ1) is 8.45. The lowest BCUT2D eigenvalue weighted by molar-refractivity contribution is 0.114. The van der Waals surface area contributed by atoms with Crippen LogP contribution in [0.25, 0.3) is 0 Å². The minimum Gasteiger partial charge on any atom is -0.395 e. The summed E-state index contributed by atoms with van der Waals surface area (Å²) < 4.78 is 13.1. The highest BCUT2D eigenvalue weighted by molar-refractivity contribution is 5.24. The molecule has 0 aliphatic carbocycles. The van der Waals surface area contributed by atoms with E-state index >= 15 is 0 Å². The maximum Gasteiger partial charge on any atom is 0.126 e. The third-order valence-corrected chi connectivity index (χ3v) is 3.50. The fourth-order valence-corrected chi connectivity index (χ4v) is 2.19. The van der Waals surface area contributed by atoms with Crippen LogP contribution < -0.4 is 0 Å². The highest BCUT2D eigenvalue weighted by Gasteiger charge is 2.17. The number of benzene rings is 1. The van der Waals surface area contributed by atoms with E-state index in [2.05, 4.69) is 18.7 Å². The van der Waals surface area contributed by atoms with Gasteiger partial charge in [-0.2, -0.15) is 0 Å². The fraction of sp³-hybridized carbons (Fsp3) is 0.600. The molecule has 2 nitrogen and oxygen atoms in total. The van der Waals surface area contributed by atoms with Gasteiger partial charge in [-0.05, 0) is 43.5 Å². The van der Waals surface area contributed by atoms with Crippen molar-refractivity contribution >= 4 is 0 Å². The van der Waals surface area contributed by atoms with Crippen molar-refractivity contribution in [1.82, 2.24) is 4.90 Å². The Balaban J connectivity index is 2.56. The Labute approximate surface area is 109 Å². The van der Waals surface area contributed by atoms with Gasteiger partial charge in [0.2, 0.25) is 0 Å². The Morgan fingerprint density at radius 1 is 1.33 bits per heavy atom. The van der Waals surface area contributed by atoms with E-state index in [9.17, 15) is 9.50 Å². The Morgan fingerprint density at radius 2 is 2.00 bits per heavy atom. The Bertz CT molecular complexity index is 379. The minimum absolute atomic E-state index is 0.150. The highest BCUT2D eigenvalue weighted by atomic mass is 19.1. The van der Waals surface area contributed by atoms with Gasteiger partial charge in [-0.3, -0.25) is 0 Å². The van der Waals surface area contributed by atoms with Gasteiger partial charge >= 0.3 is 0 Å². The van der Waals surface area contributed by atoms with E-state index in [1.807, 2.05) is 19.2 Å². The van der Waals surface area contributed by atoms with Crippen LogP contribution in [0.2, 0.25) is 0 Å². The van der Waals surface area contributed by atoms with Crippen molar-refractivity contribution < 1.29 is 9.50 Å². The summed E-state index contributed by atoms with van der Waals surface area (Å²) in [4.78, 5) is 2.17.